The second-order valence-corrected chi connectivity index (χ2v) is 8.74. The number of amides is 1. The molecule has 0 fully saturated rings. The van der Waals surface area contributed by atoms with Crippen molar-refractivity contribution in [3.63, 3.8) is 0 Å². The molecule has 33 heavy (non-hydrogen) atoms. The zero-order valence-corrected chi connectivity index (χ0v) is 19.1. The van der Waals surface area contributed by atoms with Crippen molar-refractivity contribution in [2.24, 2.45) is 26.9 Å². The Kier molecular flexibility index (Phi) is 7.41. The number of hydrogen-bond donors (Lipinski definition) is 3. The van der Waals surface area contributed by atoms with Crippen molar-refractivity contribution in [1.82, 2.24) is 4.90 Å². The molecule has 0 radical (unpaired) electrons. The number of rotatable bonds is 4. The zero-order valence-electron chi connectivity index (χ0n) is 19.1. The fourth-order valence-electron chi connectivity index (χ4n) is 3.14. The maximum atomic E-state index is 13.4. The number of carbonyl (C=O) groups excluding carboxylic acids is 1. The topological polar surface area (TPSA) is 117 Å². The van der Waals surface area contributed by atoms with E-state index in [1.165, 1.54) is 14.1 Å². The van der Waals surface area contributed by atoms with Gasteiger partial charge in [-0.05, 0) is 23.1 Å². The summed E-state index contributed by atoms with van der Waals surface area (Å²) in [6.45, 7) is 5.90. The number of aromatic hydroxyl groups is 1. The fourth-order valence-corrected chi connectivity index (χ4v) is 3.14. The lowest BCUT2D eigenvalue weighted by atomic mass is 9.83. The first-order chi connectivity index (χ1) is 15.1. The summed E-state index contributed by atoms with van der Waals surface area (Å²) >= 11 is 0. The minimum absolute atomic E-state index is 0.154. The first kappa shape index (κ1) is 25.7. The van der Waals surface area contributed by atoms with Crippen LogP contribution in [-0.2, 0) is 6.18 Å². The summed E-state index contributed by atoms with van der Waals surface area (Å²) in [7, 11) is 2.54. The van der Waals surface area contributed by atoms with Crippen LogP contribution in [0.1, 0.15) is 48.3 Å². The summed E-state index contributed by atoms with van der Waals surface area (Å²) in [5, 5.41) is 10.5. The van der Waals surface area contributed by atoms with Gasteiger partial charge in [-0.15, -0.1) is 0 Å². The molecule has 178 valence electrons. The second kappa shape index (κ2) is 9.51. The number of amidine groups is 2. The molecular formula is C23H28F3N5O2. The first-order valence-electron chi connectivity index (χ1n) is 10.0. The first-order valence-corrected chi connectivity index (χ1v) is 10.0. The van der Waals surface area contributed by atoms with Crippen molar-refractivity contribution in [1.29, 1.82) is 0 Å². The van der Waals surface area contributed by atoms with E-state index in [9.17, 15) is 23.1 Å². The van der Waals surface area contributed by atoms with Crippen LogP contribution in [0, 0.1) is 5.41 Å². The predicted octanol–water partition coefficient (Wildman–Crippen LogP) is 4.25. The Bertz CT molecular complexity index is 1070. The van der Waals surface area contributed by atoms with Gasteiger partial charge in [-0.1, -0.05) is 51.1 Å². The molecule has 10 heteroatoms. The van der Waals surface area contributed by atoms with Gasteiger partial charge in [0, 0.05) is 14.1 Å². The molecule has 2 rings (SSSR count). The number of alkyl halides is 3. The molecule has 7 nitrogen and oxygen atoms in total. The van der Waals surface area contributed by atoms with Gasteiger partial charge in [-0.25, -0.2) is 4.99 Å². The normalized spacial score (nSPS) is 14.2. The van der Waals surface area contributed by atoms with Crippen LogP contribution in [0.2, 0.25) is 0 Å². The summed E-state index contributed by atoms with van der Waals surface area (Å²) in [6, 6.07) is 10.6. The van der Waals surface area contributed by atoms with E-state index in [2.05, 4.69) is 9.98 Å². The molecule has 2 aromatic carbocycles. The molecule has 0 aliphatic carbocycles. The third kappa shape index (κ3) is 6.03. The van der Waals surface area contributed by atoms with E-state index in [0.717, 1.165) is 16.5 Å². The van der Waals surface area contributed by atoms with Gasteiger partial charge >= 0.3 is 6.18 Å². The van der Waals surface area contributed by atoms with Crippen LogP contribution >= 0.6 is 0 Å². The number of phenols is 1. The highest BCUT2D eigenvalue weighted by Crippen LogP contribution is 2.41. The Hall–Kier alpha value is -3.56. The standard InChI is InChI=1S/C23H28F3N5O2/c1-22(2,3)18(13-9-7-6-8-10-13)30-20(28)19(27)29-15-12-11-14(23(24,25)26)16(17(15)32)21(33)31(4)5/h6-12,18,32H,1-5H3,(H2,27,29)(H2,28,30). The number of hydrogen-bond acceptors (Lipinski definition) is 4. The van der Waals surface area contributed by atoms with Gasteiger partial charge in [0.2, 0.25) is 0 Å². The average Bonchev–Trinajstić information content (AvgIpc) is 2.71. The summed E-state index contributed by atoms with van der Waals surface area (Å²) in [5.41, 5.74) is 10.0. The number of nitrogens with zero attached hydrogens (tertiary/aromatic N) is 3. The van der Waals surface area contributed by atoms with Gasteiger partial charge < -0.3 is 21.5 Å². The number of nitrogens with two attached hydrogens (primary N) is 2. The van der Waals surface area contributed by atoms with Crippen LogP contribution in [0.5, 0.6) is 5.75 Å². The van der Waals surface area contributed by atoms with Gasteiger partial charge in [0.25, 0.3) is 5.91 Å². The Morgan fingerprint density at radius 3 is 2.06 bits per heavy atom. The molecular weight excluding hydrogens is 435 g/mol. The molecule has 5 N–H and O–H groups in total. The molecule has 0 heterocycles. The average molecular weight is 464 g/mol. The van der Waals surface area contributed by atoms with Crippen molar-refractivity contribution in [2.45, 2.75) is 33.0 Å². The lowest BCUT2D eigenvalue weighted by Crippen LogP contribution is -2.33. The van der Waals surface area contributed by atoms with Crippen LogP contribution in [-0.4, -0.2) is 41.7 Å². The minimum Gasteiger partial charge on any atom is -0.505 e. The number of halogens is 3. The van der Waals surface area contributed by atoms with E-state index < -0.39 is 29.0 Å². The Morgan fingerprint density at radius 1 is 1.00 bits per heavy atom. The van der Waals surface area contributed by atoms with Gasteiger partial charge in [-0.3, -0.25) is 9.79 Å². The van der Waals surface area contributed by atoms with Crippen LogP contribution in [0.4, 0.5) is 18.9 Å². The molecule has 0 aliphatic heterocycles. The lowest BCUT2D eigenvalue weighted by molar-refractivity contribution is -0.138. The molecule has 1 amide bonds. The quantitative estimate of drug-likeness (QED) is 0.464. The number of carbonyl (C=O) groups is 1. The van der Waals surface area contributed by atoms with Crippen LogP contribution in [0.25, 0.3) is 0 Å². The smallest absolute Gasteiger partial charge is 0.417 e. The highest BCUT2D eigenvalue weighted by molar-refractivity contribution is 6.39. The van der Waals surface area contributed by atoms with Crippen molar-refractivity contribution >= 4 is 23.3 Å². The molecule has 0 spiro atoms. The second-order valence-electron chi connectivity index (χ2n) is 8.74. The van der Waals surface area contributed by atoms with Crippen molar-refractivity contribution < 1.29 is 23.1 Å². The van der Waals surface area contributed by atoms with Crippen molar-refractivity contribution in [3.05, 3.63) is 59.2 Å². The predicted molar refractivity (Wildman–Crippen MR) is 123 cm³/mol. The molecule has 2 aromatic rings. The molecule has 1 unspecified atom stereocenters. The van der Waals surface area contributed by atoms with Gasteiger partial charge in [0.05, 0.1) is 17.2 Å². The van der Waals surface area contributed by atoms with Gasteiger partial charge in [-0.2, -0.15) is 13.2 Å². The Balaban J connectivity index is 2.57. The molecule has 0 aromatic heterocycles. The van der Waals surface area contributed by atoms with E-state index in [1.807, 2.05) is 51.1 Å². The fraction of sp³-hybridized carbons (Fsp3) is 0.348. The zero-order chi connectivity index (χ0) is 25.1. The van der Waals surface area contributed by atoms with E-state index in [1.54, 1.807) is 0 Å². The van der Waals surface area contributed by atoms with E-state index in [0.29, 0.717) is 6.07 Å². The molecule has 0 saturated carbocycles. The van der Waals surface area contributed by atoms with Gasteiger partial charge in [0.15, 0.2) is 17.4 Å². The van der Waals surface area contributed by atoms with Crippen molar-refractivity contribution in [3.8, 4) is 5.75 Å². The van der Waals surface area contributed by atoms with Gasteiger partial charge in [0.1, 0.15) is 5.69 Å². The van der Waals surface area contributed by atoms with E-state index in [-0.39, 0.29) is 28.8 Å². The monoisotopic (exact) mass is 463 g/mol. The number of aliphatic imine (C=N–C) groups is 2. The number of benzene rings is 2. The summed E-state index contributed by atoms with van der Waals surface area (Å²) in [5.74, 6) is -2.44. The van der Waals surface area contributed by atoms with Crippen LogP contribution < -0.4 is 11.5 Å². The van der Waals surface area contributed by atoms with Crippen LogP contribution in [0.3, 0.4) is 0 Å². The molecule has 0 aliphatic rings. The van der Waals surface area contributed by atoms with E-state index >= 15 is 0 Å². The maximum absolute atomic E-state index is 13.4. The SMILES string of the molecule is CN(C)C(=O)c1c(C(F)(F)F)ccc(N=C(N)C(N)=NC(c2ccccc2)C(C)(C)C)c1O. The minimum atomic E-state index is -4.86. The largest absolute Gasteiger partial charge is 0.505 e. The Labute approximate surface area is 190 Å². The third-order valence-electron chi connectivity index (χ3n) is 4.79. The number of phenolic OH excluding ortho intramolecular Hbond substituents is 1. The van der Waals surface area contributed by atoms with E-state index in [4.69, 9.17) is 11.5 Å². The summed E-state index contributed by atoms with van der Waals surface area (Å²) < 4.78 is 40.2. The molecule has 0 bridgehead atoms. The van der Waals surface area contributed by atoms with Crippen LogP contribution in [0.15, 0.2) is 52.4 Å². The molecule has 1 atom stereocenters. The Morgan fingerprint density at radius 2 is 1.58 bits per heavy atom. The highest BCUT2D eigenvalue weighted by atomic mass is 19.4. The lowest BCUT2D eigenvalue weighted by Gasteiger charge is -2.28. The third-order valence-corrected chi connectivity index (χ3v) is 4.79. The maximum Gasteiger partial charge on any atom is 0.417 e. The summed E-state index contributed by atoms with van der Waals surface area (Å²) in [6.07, 6.45) is -4.86. The highest BCUT2D eigenvalue weighted by Gasteiger charge is 2.38. The van der Waals surface area contributed by atoms with Crippen molar-refractivity contribution in [2.75, 3.05) is 14.1 Å². The summed E-state index contributed by atoms with van der Waals surface area (Å²) in [4.78, 5) is 21.7. The molecule has 0 saturated heterocycles.